The van der Waals surface area contributed by atoms with E-state index in [4.69, 9.17) is 37.5 Å². The number of fused-ring (bicyclic) bond motifs is 1. The fourth-order valence-corrected chi connectivity index (χ4v) is 5.72. The topological polar surface area (TPSA) is 144 Å². The van der Waals surface area contributed by atoms with Crippen LogP contribution in [-0.4, -0.2) is 69.3 Å². The third-order valence-electron chi connectivity index (χ3n) is 7.34. The highest BCUT2D eigenvalue weighted by atomic mass is 35.5. The van der Waals surface area contributed by atoms with Crippen molar-refractivity contribution in [3.8, 4) is 0 Å². The number of hydrogen-bond acceptors (Lipinski definition) is 9. The van der Waals surface area contributed by atoms with Gasteiger partial charge in [-0.3, -0.25) is 4.90 Å². The molecule has 0 radical (unpaired) electrons. The number of amides is 4. The number of carbonyl (C=O) groups is 4. The molecule has 0 aliphatic carbocycles. The fourth-order valence-electron chi connectivity index (χ4n) is 5.42. The zero-order chi connectivity index (χ0) is 36.1. The summed E-state index contributed by atoms with van der Waals surface area (Å²) in [7, 11) is 0. The molecule has 49 heavy (non-hydrogen) atoms. The minimum atomic E-state index is -1.12. The van der Waals surface area contributed by atoms with Crippen LogP contribution < -0.4 is 15.7 Å². The number of hydroxylamine groups is 1. The van der Waals surface area contributed by atoms with Gasteiger partial charge >= 0.3 is 24.3 Å². The lowest BCUT2D eigenvalue weighted by molar-refractivity contribution is 0.0428. The standard InChI is InChI=1S/C34H42Cl2N6O7/c1-8-18-40-19-12-11-15-26(40)27(21-16-17-23(35)24(36)20-21)37-29(43)39-49-32(46)42-25-14-10-9-13-22(25)28(38-42)41(30(44)47-33(2,3)4)31(45)48-34(5,6)7/h8-10,13-14,16-17,20,26-27H,1,11-12,15,18-19H2,2-7H3,(H2,37,39,43)/t26-,27-/m0/s1. The van der Waals surface area contributed by atoms with E-state index in [2.05, 4.69) is 27.4 Å². The Labute approximate surface area is 295 Å². The summed E-state index contributed by atoms with van der Waals surface area (Å²) in [6, 6.07) is 10.0. The molecule has 264 valence electrons. The van der Waals surface area contributed by atoms with Gasteiger partial charge in [-0.2, -0.15) is 15.1 Å². The fraction of sp³-hybridized carbons (Fsp3) is 0.441. The Hall–Kier alpha value is -4.33. The molecule has 1 aliphatic heterocycles. The van der Waals surface area contributed by atoms with Gasteiger partial charge in [0, 0.05) is 18.0 Å². The molecule has 2 aromatic carbocycles. The first kappa shape index (κ1) is 37.5. The lowest BCUT2D eigenvalue weighted by atomic mass is 9.90. The first-order valence-corrected chi connectivity index (χ1v) is 16.6. The summed E-state index contributed by atoms with van der Waals surface area (Å²) in [5.74, 6) is -0.236. The SMILES string of the molecule is C=CCN1CCCC[C@H]1[C@@H](NC(=O)NOC(=O)n1nc(N(C(=O)OC(C)(C)C)C(=O)OC(C)(C)C)c2ccccc21)c1ccc(Cl)c(Cl)c1. The Morgan fingerprint density at radius 3 is 2.27 bits per heavy atom. The van der Waals surface area contributed by atoms with E-state index in [1.54, 1.807) is 77.9 Å². The average Bonchev–Trinajstić information content (AvgIpc) is 3.38. The molecule has 1 saturated heterocycles. The van der Waals surface area contributed by atoms with E-state index in [9.17, 15) is 19.2 Å². The second-order valence-corrected chi connectivity index (χ2v) is 14.3. The zero-order valence-electron chi connectivity index (χ0n) is 28.4. The van der Waals surface area contributed by atoms with Crippen LogP contribution in [0.4, 0.5) is 25.0 Å². The predicted molar refractivity (Wildman–Crippen MR) is 187 cm³/mol. The number of nitrogens with one attached hydrogen (secondary N) is 2. The minimum Gasteiger partial charge on any atom is -0.443 e. The Bertz CT molecular complexity index is 1690. The highest BCUT2D eigenvalue weighted by Gasteiger charge is 2.37. The van der Waals surface area contributed by atoms with Gasteiger partial charge in [0.1, 0.15) is 11.2 Å². The molecular weight excluding hydrogens is 675 g/mol. The summed E-state index contributed by atoms with van der Waals surface area (Å²) >= 11 is 12.5. The number of para-hydroxylation sites is 1. The highest BCUT2D eigenvalue weighted by Crippen LogP contribution is 2.33. The molecule has 4 amide bonds. The first-order valence-electron chi connectivity index (χ1n) is 15.8. The van der Waals surface area contributed by atoms with E-state index in [0.717, 1.165) is 30.5 Å². The van der Waals surface area contributed by atoms with E-state index in [1.807, 2.05) is 6.08 Å². The van der Waals surface area contributed by atoms with E-state index < -0.39 is 41.6 Å². The molecule has 0 saturated carbocycles. The lowest BCUT2D eigenvalue weighted by Crippen LogP contribution is -2.51. The highest BCUT2D eigenvalue weighted by molar-refractivity contribution is 6.42. The maximum atomic E-state index is 13.4. The van der Waals surface area contributed by atoms with Crippen molar-refractivity contribution in [2.75, 3.05) is 18.0 Å². The maximum Gasteiger partial charge on any atom is 0.459 e. The van der Waals surface area contributed by atoms with Crippen LogP contribution in [0.3, 0.4) is 0 Å². The maximum absolute atomic E-state index is 13.4. The number of carbonyl (C=O) groups excluding carboxylic acids is 4. The van der Waals surface area contributed by atoms with Crippen molar-refractivity contribution in [3.63, 3.8) is 0 Å². The monoisotopic (exact) mass is 716 g/mol. The summed E-state index contributed by atoms with van der Waals surface area (Å²) in [5, 5.41) is 8.10. The van der Waals surface area contributed by atoms with E-state index in [-0.39, 0.29) is 22.8 Å². The van der Waals surface area contributed by atoms with Crippen LogP contribution >= 0.6 is 23.2 Å². The van der Waals surface area contributed by atoms with Crippen LogP contribution in [0.5, 0.6) is 0 Å². The van der Waals surface area contributed by atoms with Crippen molar-refractivity contribution < 1.29 is 33.5 Å². The Kier molecular flexibility index (Phi) is 11.8. The molecule has 13 nitrogen and oxygen atoms in total. The van der Waals surface area contributed by atoms with Gasteiger partial charge in [0.05, 0.1) is 21.6 Å². The number of imide groups is 1. The third-order valence-corrected chi connectivity index (χ3v) is 8.08. The number of benzene rings is 2. The van der Waals surface area contributed by atoms with Crippen molar-refractivity contribution in [2.45, 2.75) is 84.1 Å². The molecule has 0 spiro atoms. The van der Waals surface area contributed by atoms with Crippen molar-refractivity contribution in [2.24, 2.45) is 0 Å². The number of nitrogens with zero attached hydrogens (tertiary/aromatic N) is 4. The summed E-state index contributed by atoms with van der Waals surface area (Å²) in [6.07, 6.45) is 1.29. The van der Waals surface area contributed by atoms with Crippen molar-refractivity contribution in [1.29, 1.82) is 0 Å². The molecule has 0 unspecified atom stereocenters. The number of hydrogen-bond donors (Lipinski definition) is 2. The third kappa shape index (κ3) is 9.64. The second kappa shape index (κ2) is 15.5. The average molecular weight is 718 g/mol. The molecule has 1 fully saturated rings. The van der Waals surface area contributed by atoms with Gasteiger partial charge in [-0.1, -0.05) is 53.9 Å². The Balaban J connectivity index is 1.60. The molecule has 2 heterocycles. The molecular formula is C34H42Cl2N6O7. The molecule has 1 aliphatic rings. The van der Waals surface area contributed by atoms with E-state index in [1.165, 1.54) is 6.07 Å². The minimum absolute atomic E-state index is 0.116. The van der Waals surface area contributed by atoms with Crippen LogP contribution in [0.1, 0.15) is 72.4 Å². The second-order valence-electron chi connectivity index (χ2n) is 13.5. The van der Waals surface area contributed by atoms with Crippen molar-refractivity contribution in [3.05, 3.63) is 70.7 Å². The number of rotatable bonds is 6. The predicted octanol–water partition coefficient (Wildman–Crippen LogP) is 8.00. The summed E-state index contributed by atoms with van der Waals surface area (Å²) in [6.45, 7) is 15.1. The molecule has 4 rings (SSSR count). The summed E-state index contributed by atoms with van der Waals surface area (Å²) < 4.78 is 11.8. The largest absolute Gasteiger partial charge is 0.459 e. The molecule has 2 atom stereocenters. The molecule has 2 N–H and O–H groups in total. The van der Waals surface area contributed by atoms with Gasteiger partial charge in [-0.05, 0) is 90.8 Å². The van der Waals surface area contributed by atoms with Gasteiger partial charge in [-0.15, -0.1) is 11.7 Å². The van der Waals surface area contributed by atoms with Crippen LogP contribution in [0, 0.1) is 0 Å². The summed E-state index contributed by atoms with van der Waals surface area (Å²) in [5.41, 5.74) is 1.10. The molecule has 1 aromatic heterocycles. The van der Waals surface area contributed by atoms with Crippen molar-refractivity contribution in [1.82, 2.24) is 25.5 Å². The van der Waals surface area contributed by atoms with E-state index >= 15 is 0 Å². The smallest absolute Gasteiger partial charge is 0.443 e. The van der Waals surface area contributed by atoms with Gasteiger partial charge in [0.15, 0.2) is 5.82 Å². The van der Waals surface area contributed by atoms with Gasteiger partial charge in [0.25, 0.3) is 0 Å². The number of anilines is 1. The van der Waals surface area contributed by atoms with Crippen LogP contribution in [0.15, 0.2) is 55.1 Å². The van der Waals surface area contributed by atoms with Crippen molar-refractivity contribution >= 4 is 64.2 Å². The van der Waals surface area contributed by atoms with E-state index in [0.29, 0.717) is 27.1 Å². The van der Waals surface area contributed by atoms with Crippen LogP contribution in [0.2, 0.25) is 10.0 Å². The first-order chi connectivity index (χ1) is 23.0. The molecule has 3 aromatic rings. The van der Waals surface area contributed by atoms with Gasteiger partial charge < -0.3 is 19.6 Å². The summed E-state index contributed by atoms with van der Waals surface area (Å²) in [4.78, 5) is 61.4. The zero-order valence-corrected chi connectivity index (χ0v) is 29.9. The number of ether oxygens (including phenoxy) is 2. The molecule has 15 heteroatoms. The van der Waals surface area contributed by atoms with Gasteiger partial charge in [0.2, 0.25) is 0 Å². The number of halogens is 2. The van der Waals surface area contributed by atoms with Crippen LogP contribution in [0.25, 0.3) is 10.9 Å². The number of likely N-dealkylation sites (tertiary alicyclic amines) is 1. The quantitative estimate of drug-likeness (QED) is 0.147. The Morgan fingerprint density at radius 1 is 1.00 bits per heavy atom. The lowest BCUT2D eigenvalue weighted by Gasteiger charge is -2.40. The number of urea groups is 1. The Morgan fingerprint density at radius 2 is 1.65 bits per heavy atom. The number of piperidine rings is 1. The van der Waals surface area contributed by atoms with Gasteiger partial charge in [-0.25, -0.2) is 19.2 Å². The van der Waals surface area contributed by atoms with Crippen LogP contribution in [-0.2, 0) is 14.3 Å². The molecule has 0 bridgehead atoms. The number of aromatic nitrogens is 2. The normalized spacial score (nSPS) is 16.0.